The van der Waals surface area contributed by atoms with Gasteiger partial charge in [0.25, 0.3) is 5.82 Å². The highest BCUT2D eigenvalue weighted by Crippen LogP contribution is 2.30. The second-order valence-corrected chi connectivity index (χ2v) is 5.44. The van der Waals surface area contributed by atoms with Gasteiger partial charge in [-0.2, -0.15) is 13.2 Å². The lowest BCUT2D eigenvalue weighted by Crippen LogP contribution is -2.09. The van der Waals surface area contributed by atoms with Crippen LogP contribution in [0.3, 0.4) is 0 Å². The number of hydrogen-bond donors (Lipinski definition) is 0. The van der Waals surface area contributed by atoms with Crippen LogP contribution in [0.25, 0.3) is 17.7 Å². The van der Waals surface area contributed by atoms with E-state index in [0.29, 0.717) is 5.75 Å². The lowest BCUT2D eigenvalue weighted by Gasteiger charge is -2.06. The summed E-state index contributed by atoms with van der Waals surface area (Å²) in [5.74, 6) is -0.455. The fourth-order valence-electron chi connectivity index (χ4n) is 2.41. The number of methoxy groups -OCH3 is 1. The van der Waals surface area contributed by atoms with Gasteiger partial charge in [0, 0.05) is 12.4 Å². The molecule has 0 saturated carbocycles. The molecule has 3 rings (SSSR count). The summed E-state index contributed by atoms with van der Waals surface area (Å²) in [5.41, 5.74) is 0.898. The summed E-state index contributed by atoms with van der Waals surface area (Å²) in [6.07, 6.45) is -1.80. The number of nitrogens with zero attached hydrogens (tertiary/aromatic N) is 6. The van der Waals surface area contributed by atoms with Gasteiger partial charge in [-0.25, -0.2) is 19.6 Å². The average molecular weight is 376 g/mol. The number of aromatic nitrogens is 5. The molecule has 10 heteroatoms. The Morgan fingerprint density at radius 2 is 1.93 bits per heavy atom. The van der Waals surface area contributed by atoms with Crippen molar-refractivity contribution in [3.8, 4) is 17.3 Å². The summed E-state index contributed by atoms with van der Waals surface area (Å²) in [4.78, 5) is 11.5. The average Bonchev–Trinajstić information content (AvgIpc) is 3.25. The van der Waals surface area contributed by atoms with Crippen molar-refractivity contribution in [1.29, 1.82) is 0 Å². The number of rotatable bonds is 6. The van der Waals surface area contributed by atoms with Gasteiger partial charge >= 0.3 is 6.18 Å². The first kappa shape index (κ1) is 18.4. The molecule has 0 spiro atoms. The van der Waals surface area contributed by atoms with Crippen LogP contribution >= 0.6 is 0 Å². The molecule has 0 unspecified atom stereocenters. The third kappa shape index (κ3) is 3.73. The maximum absolute atomic E-state index is 13.1. The van der Waals surface area contributed by atoms with Crippen molar-refractivity contribution in [2.75, 3.05) is 7.11 Å². The maximum atomic E-state index is 13.1. The standard InChI is InChI=1S/C17H15F3N6O/c1-4-25-10-13(22-16(25)21-2)14-23-15(17(18,19)20)24-26(14)9-11-5-7-12(27-3)8-6-11/h4-8,10H,1-2,9H2,3H3. The number of hydrogen-bond acceptors (Lipinski definition) is 5. The molecule has 0 aliphatic carbocycles. The van der Waals surface area contributed by atoms with Gasteiger partial charge in [-0.05, 0) is 24.4 Å². The van der Waals surface area contributed by atoms with Crippen LogP contribution in [0.15, 0.2) is 42.0 Å². The summed E-state index contributed by atoms with van der Waals surface area (Å²) in [5, 5.41) is 3.61. The van der Waals surface area contributed by atoms with E-state index in [1.54, 1.807) is 24.3 Å². The highest BCUT2D eigenvalue weighted by atomic mass is 19.4. The number of aliphatic imine (C=N–C) groups is 1. The first-order valence-electron chi connectivity index (χ1n) is 7.69. The summed E-state index contributed by atoms with van der Waals surface area (Å²) in [6, 6.07) is 6.89. The quantitative estimate of drug-likeness (QED) is 0.616. The van der Waals surface area contributed by atoms with Crippen LogP contribution in [0.2, 0.25) is 0 Å². The van der Waals surface area contributed by atoms with E-state index in [-0.39, 0.29) is 24.0 Å². The third-order valence-corrected chi connectivity index (χ3v) is 3.70. The molecule has 7 nitrogen and oxygen atoms in total. The second-order valence-electron chi connectivity index (χ2n) is 5.44. The van der Waals surface area contributed by atoms with Gasteiger partial charge in [-0.3, -0.25) is 4.57 Å². The molecular formula is C17H15F3N6O. The first-order chi connectivity index (χ1) is 12.9. The molecule has 0 atom stereocenters. The SMILES string of the molecule is C=Cn1cc(-c2nc(C(F)(F)F)nn2Cc2ccc(OC)cc2)nc1N=C. The normalized spacial score (nSPS) is 11.4. The summed E-state index contributed by atoms with van der Waals surface area (Å²) in [6.45, 7) is 7.05. The lowest BCUT2D eigenvalue weighted by molar-refractivity contribution is -0.144. The molecule has 3 aromatic rings. The smallest absolute Gasteiger partial charge is 0.453 e. The Bertz CT molecular complexity index is 946. The molecule has 1 aromatic carbocycles. The largest absolute Gasteiger partial charge is 0.497 e. The van der Waals surface area contributed by atoms with Gasteiger partial charge in [0.2, 0.25) is 5.95 Å². The zero-order chi connectivity index (χ0) is 19.6. The minimum absolute atomic E-state index is 0.0383. The number of imidazole rings is 1. The van der Waals surface area contributed by atoms with Crippen LogP contribution in [-0.4, -0.2) is 38.1 Å². The summed E-state index contributed by atoms with van der Waals surface area (Å²) in [7, 11) is 1.53. The third-order valence-electron chi connectivity index (χ3n) is 3.70. The van der Waals surface area contributed by atoms with Crippen LogP contribution in [0, 0.1) is 0 Å². The van der Waals surface area contributed by atoms with E-state index in [1.807, 2.05) is 0 Å². The van der Waals surface area contributed by atoms with Gasteiger partial charge in [0.15, 0.2) is 5.82 Å². The van der Waals surface area contributed by atoms with Crippen molar-refractivity contribution in [3.63, 3.8) is 0 Å². The lowest BCUT2D eigenvalue weighted by atomic mass is 10.2. The number of alkyl halides is 3. The van der Waals surface area contributed by atoms with Crippen LogP contribution in [-0.2, 0) is 12.7 Å². The molecule has 2 heterocycles. The topological polar surface area (TPSA) is 70.1 Å². The molecule has 0 radical (unpaired) electrons. The first-order valence-corrected chi connectivity index (χ1v) is 7.69. The van der Waals surface area contributed by atoms with Crippen molar-refractivity contribution >= 4 is 18.9 Å². The molecule has 0 bridgehead atoms. The maximum Gasteiger partial charge on any atom is 0.453 e. The van der Waals surface area contributed by atoms with Crippen molar-refractivity contribution in [1.82, 2.24) is 24.3 Å². The van der Waals surface area contributed by atoms with Crippen molar-refractivity contribution in [2.45, 2.75) is 12.7 Å². The van der Waals surface area contributed by atoms with Crippen molar-refractivity contribution < 1.29 is 17.9 Å². The molecule has 0 N–H and O–H groups in total. The van der Waals surface area contributed by atoms with Crippen LogP contribution in [0.5, 0.6) is 5.75 Å². The highest BCUT2D eigenvalue weighted by molar-refractivity contribution is 5.55. The predicted molar refractivity (Wildman–Crippen MR) is 93.9 cm³/mol. The van der Waals surface area contributed by atoms with Gasteiger partial charge in [0.05, 0.1) is 13.7 Å². The minimum Gasteiger partial charge on any atom is -0.497 e. The van der Waals surface area contributed by atoms with E-state index in [9.17, 15) is 13.2 Å². The minimum atomic E-state index is -4.68. The number of benzene rings is 1. The molecular weight excluding hydrogens is 361 g/mol. The van der Waals surface area contributed by atoms with Crippen LogP contribution in [0.1, 0.15) is 11.4 Å². The fraction of sp³-hybridized carbons (Fsp3) is 0.176. The van der Waals surface area contributed by atoms with Gasteiger partial charge < -0.3 is 4.74 Å². The predicted octanol–water partition coefficient (Wildman–Crippen LogP) is 3.65. The van der Waals surface area contributed by atoms with E-state index in [1.165, 1.54) is 24.1 Å². The van der Waals surface area contributed by atoms with E-state index < -0.39 is 12.0 Å². The molecule has 0 aliphatic heterocycles. The zero-order valence-corrected chi connectivity index (χ0v) is 14.3. The Balaban J connectivity index is 2.06. The Hall–Kier alpha value is -3.43. The summed E-state index contributed by atoms with van der Waals surface area (Å²) < 4.78 is 47.0. The number of ether oxygens (including phenoxy) is 1. The molecule has 0 amide bonds. The number of halogens is 3. The van der Waals surface area contributed by atoms with Crippen LogP contribution < -0.4 is 4.74 Å². The Morgan fingerprint density at radius 3 is 2.44 bits per heavy atom. The van der Waals surface area contributed by atoms with Crippen molar-refractivity contribution in [2.24, 2.45) is 4.99 Å². The molecule has 0 aliphatic rings. The monoisotopic (exact) mass is 376 g/mol. The molecule has 140 valence electrons. The Morgan fingerprint density at radius 1 is 1.22 bits per heavy atom. The molecule has 0 saturated heterocycles. The summed E-state index contributed by atoms with van der Waals surface area (Å²) >= 11 is 0. The Labute approximate surface area is 152 Å². The van der Waals surface area contributed by atoms with Gasteiger partial charge in [0.1, 0.15) is 11.4 Å². The Kier molecular flexibility index (Phi) is 4.80. The highest BCUT2D eigenvalue weighted by Gasteiger charge is 2.37. The van der Waals surface area contributed by atoms with E-state index >= 15 is 0 Å². The molecule has 27 heavy (non-hydrogen) atoms. The van der Waals surface area contributed by atoms with E-state index in [2.05, 4.69) is 33.4 Å². The molecule has 0 fully saturated rings. The zero-order valence-electron chi connectivity index (χ0n) is 14.3. The van der Waals surface area contributed by atoms with Gasteiger partial charge in [-0.15, -0.1) is 5.10 Å². The van der Waals surface area contributed by atoms with E-state index in [4.69, 9.17) is 4.74 Å². The molecule has 2 aromatic heterocycles. The van der Waals surface area contributed by atoms with Crippen molar-refractivity contribution in [3.05, 3.63) is 48.4 Å². The van der Waals surface area contributed by atoms with Crippen LogP contribution in [0.4, 0.5) is 19.1 Å². The van der Waals surface area contributed by atoms with E-state index in [0.717, 1.165) is 10.2 Å². The fourth-order valence-corrected chi connectivity index (χ4v) is 2.41. The second kappa shape index (κ2) is 7.06. The van der Waals surface area contributed by atoms with Gasteiger partial charge in [-0.1, -0.05) is 18.7 Å².